The van der Waals surface area contributed by atoms with Crippen LogP contribution < -0.4 is 0 Å². The monoisotopic (exact) mass is 303 g/mol. The van der Waals surface area contributed by atoms with Gasteiger partial charge in [-0.1, -0.05) is 24.3 Å². The number of methoxy groups -OCH3 is 1. The number of fused-ring (bicyclic) bond motifs is 1. The highest BCUT2D eigenvalue weighted by molar-refractivity contribution is 5.97. The summed E-state index contributed by atoms with van der Waals surface area (Å²) in [4.78, 5) is 15.9. The van der Waals surface area contributed by atoms with E-state index in [4.69, 9.17) is 0 Å². The SMILES string of the molecule is COC(=O)c1cnc2c(C3=CCC(F)(F)CC3)cccc2c1. The van der Waals surface area contributed by atoms with E-state index in [0.717, 1.165) is 16.5 Å². The van der Waals surface area contributed by atoms with E-state index in [1.165, 1.54) is 13.3 Å². The molecule has 22 heavy (non-hydrogen) atoms. The van der Waals surface area contributed by atoms with E-state index < -0.39 is 11.9 Å². The topological polar surface area (TPSA) is 39.2 Å². The Balaban J connectivity index is 2.05. The molecule has 0 spiro atoms. The number of rotatable bonds is 2. The molecule has 1 aliphatic carbocycles. The number of para-hydroxylation sites is 1. The number of allylic oxidation sites excluding steroid dienone is 2. The predicted octanol–water partition coefficient (Wildman–Crippen LogP) is 4.22. The van der Waals surface area contributed by atoms with Gasteiger partial charge in [-0.15, -0.1) is 0 Å². The van der Waals surface area contributed by atoms with Crippen molar-refractivity contribution in [3.8, 4) is 0 Å². The normalized spacial score (nSPS) is 17.1. The number of pyridine rings is 1. The van der Waals surface area contributed by atoms with Crippen LogP contribution in [0.2, 0.25) is 0 Å². The molecule has 3 rings (SSSR count). The van der Waals surface area contributed by atoms with Crippen molar-refractivity contribution in [1.82, 2.24) is 4.98 Å². The minimum absolute atomic E-state index is 0.143. The first-order chi connectivity index (χ1) is 10.5. The molecule has 0 fully saturated rings. The highest BCUT2D eigenvalue weighted by atomic mass is 19.3. The van der Waals surface area contributed by atoms with Gasteiger partial charge in [-0.3, -0.25) is 4.98 Å². The van der Waals surface area contributed by atoms with Crippen molar-refractivity contribution in [3.63, 3.8) is 0 Å². The molecule has 0 amide bonds. The molecule has 2 aromatic rings. The number of carbonyl (C=O) groups is 1. The van der Waals surface area contributed by atoms with E-state index in [-0.39, 0.29) is 12.8 Å². The Hall–Kier alpha value is -2.30. The molecule has 5 heteroatoms. The van der Waals surface area contributed by atoms with Crippen LogP contribution in [-0.2, 0) is 4.74 Å². The third-order valence-electron chi connectivity index (χ3n) is 3.89. The minimum Gasteiger partial charge on any atom is -0.465 e. The number of benzene rings is 1. The van der Waals surface area contributed by atoms with E-state index in [1.54, 1.807) is 12.1 Å². The zero-order chi connectivity index (χ0) is 15.7. The second-order valence-corrected chi connectivity index (χ2v) is 5.38. The molecule has 1 heterocycles. The number of halogens is 2. The van der Waals surface area contributed by atoms with Gasteiger partial charge in [0.25, 0.3) is 5.92 Å². The van der Waals surface area contributed by atoms with Gasteiger partial charge in [0.2, 0.25) is 0 Å². The third kappa shape index (κ3) is 2.71. The van der Waals surface area contributed by atoms with Crippen LogP contribution in [-0.4, -0.2) is 24.0 Å². The van der Waals surface area contributed by atoms with Crippen LogP contribution >= 0.6 is 0 Å². The molecule has 1 aromatic heterocycles. The molecule has 3 nitrogen and oxygen atoms in total. The standard InChI is InChI=1S/C17H15F2NO2/c1-22-16(21)13-9-12-3-2-4-14(15(12)20-10-13)11-5-7-17(18,19)8-6-11/h2-5,9-10H,6-8H2,1H3. The summed E-state index contributed by atoms with van der Waals surface area (Å²) in [5.41, 5.74) is 2.82. The average Bonchev–Trinajstić information content (AvgIpc) is 2.53. The lowest BCUT2D eigenvalue weighted by molar-refractivity contribution is -0.00603. The van der Waals surface area contributed by atoms with E-state index in [1.807, 2.05) is 18.2 Å². The zero-order valence-electron chi connectivity index (χ0n) is 12.1. The van der Waals surface area contributed by atoms with Gasteiger partial charge in [0.15, 0.2) is 0 Å². The van der Waals surface area contributed by atoms with Gasteiger partial charge in [-0.05, 0) is 18.1 Å². The van der Waals surface area contributed by atoms with Gasteiger partial charge in [-0.2, -0.15) is 0 Å². The molecule has 0 saturated carbocycles. The van der Waals surface area contributed by atoms with Crippen molar-refractivity contribution in [3.05, 3.63) is 47.7 Å². The molecule has 0 unspecified atom stereocenters. The number of esters is 1. The summed E-state index contributed by atoms with van der Waals surface area (Å²) in [6.45, 7) is 0. The quantitative estimate of drug-likeness (QED) is 0.780. The molecular formula is C17H15F2NO2. The molecule has 0 N–H and O–H groups in total. The smallest absolute Gasteiger partial charge is 0.339 e. The highest BCUT2D eigenvalue weighted by Gasteiger charge is 2.31. The first-order valence-electron chi connectivity index (χ1n) is 7.04. The van der Waals surface area contributed by atoms with Crippen LogP contribution in [0.15, 0.2) is 36.5 Å². The number of ether oxygens (including phenoxy) is 1. The maximum Gasteiger partial charge on any atom is 0.339 e. The molecule has 114 valence electrons. The number of carbonyl (C=O) groups excluding carboxylic acids is 1. The maximum atomic E-state index is 13.3. The number of hydrogen-bond donors (Lipinski definition) is 0. The summed E-state index contributed by atoms with van der Waals surface area (Å²) in [6.07, 6.45) is 2.99. The molecule has 0 aliphatic heterocycles. The molecule has 0 atom stereocenters. The van der Waals surface area contributed by atoms with Gasteiger partial charge < -0.3 is 4.74 Å². The summed E-state index contributed by atoms with van der Waals surface area (Å²) in [5, 5.41) is 0.790. The second kappa shape index (κ2) is 5.48. The number of hydrogen-bond acceptors (Lipinski definition) is 3. The molecule has 1 aliphatic rings. The second-order valence-electron chi connectivity index (χ2n) is 5.38. The fraction of sp³-hybridized carbons (Fsp3) is 0.294. The Kier molecular flexibility index (Phi) is 3.64. The summed E-state index contributed by atoms with van der Waals surface area (Å²) < 4.78 is 31.2. The third-order valence-corrected chi connectivity index (χ3v) is 3.89. The van der Waals surface area contributed by atoms with E-state index in [2.05, 4.69) is 9.72 Å². The highest BCUT2D eigenvalue weighted by Crippen LogP contribution is 2.37. The lowest BCUT2D eigenvalue weighted by Gasteiger charge is -2.22. The molecular weight excluding hydrogens is 288 g/mol. The number of nitrogens with zero attached hydrogens (tertiary/aromatic N) is 1. The minimum atomic E-state index is -2.61. The van der Waals surface area contributed by atoms with Crippen molar-refractivity contribution in [2.45, 2.75) is 25.2 Å². The Morgan fingerprint density at radius 2 is 2.18 bits per heavy atom. The Labute approximate surface area is 126 Å². The Morgan fingerprint density at radius 3 is 2.86 bits per heavy atom. The zero-order valence-corrected chi connectivity index (χ0v) is 12.1. The van der Waals surface area contributed by atoms with Crippen LogP contribution in [0.4, 0.5) is 8.78 Å². The van der Waals surface area contributed by atoms with Crippen LogP contribution in [0.3, 0.4) is 0 Å². The molecule has 0 bridgehead atoms. The summed E-state index contributed by atoms with van der Waals surface area (Å²) in [7, 11) is 1.32. The maximum absolute atomic E-state index is 13.3. The molecule has 0 saturated heterocycles. The predicted molar refractivity (Wildman–Crippen MR) is 79.9 cm³/mol. The summed E-state index contributed by atoms with van der Waals surface area (Å²) >= 11 is 0. The Morgan fingerprint density at radius 1 is 1.36 bits per heavy atom. The largest absolute Gasteiger partial charge is 0.465 e. The van der Waals surface area contributed by atoms with Gasteiger partial charge in [0.05, 0.1) is 18.2 Å². The van der Waals surface area contributed by atoms with Crippen LogP contribution in [0.25, 0.3) is 16.5 Å². The van der Waals surface area contributed by atoms with Crippen molar-refractivity contribution in [2.24, 2.45) is 0 Å². The molecule has 0 radical (unpaired) electrons. The number of aromatic nitrogens is 1. The fourth-order valence-corrected chi connectivity index (χ4v) is 2.69. The van der Waals surface area contributed by atoms with Crippen LogP contribution in [0.5, 0.6) is 0 Å². The van der Waals surface area contributed by atoms with Crippen molar-refractivity contribution in [1.29, 1.82) is 0 Å². The summed E-state index contributed by atoms with van der Waals surface area (Å²) in [5.74, 6) is -3.06. The van der Waals surface area contributed by atoms with E-state index >= 15 is 0 Å². The van der Waals surface area contributed by atoms with Crippen molar-refractivity contribution >= 4 is 22.4 Å². The number of alkyl halides is 2. The first-order valence-corrected chi connectivity index (χ1v) is 7.04. The van der Waals surface area contributed by atoms with Crippen LogP contribution in [0, 0.1) is 0 Å². The van der Waals surface area contributed by atoms with Crippen molar-refractivity contribution in [2.75, 3.05) is 7.11 Å². The van der Waals surface area contributed by atoms with E-state index in [9.17, 15) is 13.6 Å². The van der Waals surface area contributed by atoms with Gasteiger partial charge >= 0.3 is 5.97 Å². The average molecular weight is 303 g/mol. The van der Waals surface area contributed by atoms with E-state index in [0.29, 0.717) is 17.5 Å². The van der Waals surface area contributed by atoms with Gasteiger partial charge in [-0.25, -0.2) is 13.6 Å². The van der Waals surface area contributed by atoms with Gasteiger partial charge in [0.1, 0.15) is 0 Å². The lowest BCUT2D eigenvalue weighted by Crippen LogP contribution is -2.18. The Bertz CT molecular complexity index is 768. The fourth-order valence-electron chi connectivity index (χ4n) is 2.69. The van der Waals surface area contributed by atoms with Gasteiger partial charge in [0, 0.05) is 30.0 Å². The van der Waals surface area contributed by atoms with Crippen LogP contribution in [0.1, 0.15) is 35.2 Å². The lowest BCUT2D eigenvalue weighted by atomic mass is 9.90. The summed E-state index contributed by atoms with van der Waals surface area (Å²) in [6, 6.07) is 7.27. The first kappa shape index (κ1) is 14.6. The molecule has 1 aromatic carbocycles. The van der Waals surface area contributed by atoms with Crippen molar-refractivity contribution < 1.29 is 18.3 Å².